The van der Waals surface area contributed by atoms with Crippen LogP contribution in [0.3, 0.4) is 0 Å². The molecule has 42 heavy (non-hydrogen) atoms. The predicted molar refractivity (Wildman–Crippen MR) is 155 cm³/mol. The molecule has 0 aromatic heterocycles. The molecule has 6 rings (SSSR count). The smallest absolute Gasteiger partial charge is 0.396 e. The molecule has 5 nitrogen and oxygen atoms in total. The van der Waals surface area contributed by atoms with Crippen molar-refractivity contribution in [1.82, 2.24) is 9.80 Å². The number of piperidine rings is 1. The fraction of sp³-hybridized carbons (Fsp3) is 0.879. The zero-order chi connectivity index (χ0) is 29.6. The number of aliphatic hydroxyl groups is 1. The van der Waals surface area contributed by atoms with Crippen LogP contribution in [0.2, 0.25) is 0 Å². The van der Waals surface area contributed by atoms with Crippen LogP contribution in [0, 0.1) is 35.0 Å². The lowest BCUT2D eigenvalue weighted by Crippen LogP contribution is -2.72. The second kappa shape index (κ2) is 12.3. The average molecular weight is 613 g/mol. The standard InChI is InChI=1S/C33H48ClF3N2O3/c34-27-11-5-1-8-24(27)18-38-29(22-15-13-21(19-40)14-16-22)32(26-10-4-3-9-25(26)30(38)41)17-23-7-2-6-12-28(23)39(31(32)42)20-33(35,36)37/h21-22,24-27,29,40H,1-20H2/t21?,22?,24?,25?,26?,27?,29-,32-/m0/s1. The zero-order valence-corrected chi connectivity index (χ0v) is 25.6. The zero-order valence-electron chi connectivity index (χ0n) is 24.9. The fourth-order valence-electron chi connectivity index (χ4n) is 10.2. The molecule has 0 aromatic carbocycles. The minimum absolute atomic E-state index is 0.0272. The molecular weight excluding hydrogens is 565 g/mol. The summed E-state index contributed by atoms with van der Waals surface area (Å²) in [5.74, 6) is -0.430. The number of rotatable bonds is 5. The molecule has 0 radical (unpaired) electrons. The topological polar surface area (TPSA) is 60.9 Å². The second-order valence-electron chi connectivity index (χ2n) is 14.4. The van der Waals surface area contributed by atoms with Crippen LogP contribution >= 0.6 is 11.6 Å². The van der Waals surface area contributed by atoms with Crippen molar-refractivity contribution >= 4 is 23.4 Å². The molecule has 0 aromatic rings. The summed E-state index contributed by atoms with van der Waals surface area (Å²) in [6.07, 6.45) is 9.44. The van der Waals surface area contributed by atoms with Gasteiger partial charge in [0.2, 0.25) is 11.8 Å². The van der Waals surface area contributed by atoms with Crippen LogP contribution in [0.4, 0.5) is 13.2 Å². The van der Waals surface area contributed by atoms with E-state index in [2.05, 4.69) is 0 Å². The first-order chi connectivity index (χ1) is 20.1. The van der Waals surface area contributed by atoms with E-state index in [-0.39, 0.29) is 53.4 Å². The number of amides is 2. The molecule has 3 saturated carbocycles. The Labute approximate surface area is 253 Å². The summed E-state index contributed by atoms with van der Waals surface area (Å²) >= 11 is 6.88. The Morgan fingerprint density at radius 1 is 0.881 bits per heavy atom. The summed E-state index contributed by atoms with van der Waals surface area (Å²) < 4.78 is 42.5. The highest BCUT2D eigenvalue weighted by Crippen LogP contribution is 2.60. The lowest BCUT2D eigenvalue weighted by Gasteiger charge is -2.63. The molecule has 6 atom stereocenters. The van der Waals surface area contributed by atoms with E-state index < -0.39 is 24.2 Å². The van der Waals surface area contributed by atoms with Gasteiger partial charge in [-0.15, -0.1) is 11.6 Å². The summed E-state index contributed by atoms with van der Waals surface area (Å²) in [4.78, 5) is 32.8. The molecule has 4 unspecified atom stereocenters. The van der Waals surface area contributed by atoms with Crippen molar-refractivity contribution in [2.24, 2.45) is 35.0 Å². The van der Waals surface area contributed by atoms with Gasteiger partial charge in [0.25, 0.3) is 0 Å². The molecule has 2 heterocycles. The Morgan fingerprint density at radius 2 is 1.57 bits per heavy atom. The Hall–Kier alpha value is -1.28. The third-order valence-corrected chi connectivity index (χ3v) is 12.7. The van der Waals surface area contributed by atoms with E-state index in [4.69, 9.17) is 11.6 Å². The maximum absolute atomic E-state index is 15.1. The van der Waals surface area contributed by atoms with Gasteiger partial charge in [0.15, 0.2) is 0 Å². The van der Waals surface area contributed by atoms with Crippen LogP contribution in [0.1, 0.15) is 109 Å². The maximum Gasteiger partial charge on any atom is 0.406 e. The van der Waals surface area contributed by atoms with Gasteiger partial charge in [0.05, 0.1) is 5.41 Å². The number of allylic oxidation sites excluding steroid dienone is 2. The second-order valence-corrected chi connectivity index (χ2v) is 15.0. The van der Waals surface area contributed by atoms with Crippen molar-refractivity contribution in [3.05, 3.63) is 11.3 Å². The quantitative estimate of drug-likeness (QED) is 0.334. The van der Waals surface area contributed by atoms with Crippen LogP contribution in [0.15, 0.2) is 11.3 Å². The van der Waals surface area contributed by atoms with E-state index in [1.54, 1.807) is 0 Å². The maximum atomic E-state index is 15.1. The Balaban J connectivity index is 1.49. The molecule has 4 fully saturated rings. The highest BCUT2D eigenvalue weighted by atomic mass is 35.5. The van der Waals surface area contributed by atoms with Gasteiger partial charge in [-0.05, 0) is 113 Å². The number of aliphatic hydroxyl groups excluding tert-OH is 1. The largest absolute Gasteiger partial charge is 0.406 e. The van der Waals surface area contributed by atoms with E-state index in [0.717, 1.165) is 100 Å². The van der Waals surface area contributed by atoms with Gasteiger partial charge in [-0.1, -0.05) is 25.7 Å². The Kier molecular flexibility index (Phi) is 8.96. The molecule has 9 heteroatoms. The summed E-state index contributed by atoms with van der Waals surface area (Å²) in [6.45, 7) is -0.616. The third-order valence-electron chi connectivity index (χ3n) is 12.1. The van der Waals surface area contributed by atoms with Crippen LogP contribution in [0.25, 0.3) is 0 Å². The van der Waals surface area contributed by atoms with E-state index >= 15 is 4.79 Å². The highest BCUT2D eigenvalue weighted by Gasteiger charge is 2.66. The highest BCUT2D eigenvalue weighted by molar-refractivity contribution is 6.20. The predicted octanol–water partition coefficient (Wildman–Crippen LogP) is 7.21. The first kappa shape index (κ1) is 30.7. The minimum atomic E-state index is -4.50. The van der Waals surface area contributed by atoms with E-state index in [1.807, 2.05) is 4.90 Å². The number of fused-ring (bicyclic) bond motifs is 2. The van der Waals surface area contributed by atoms with Gasteiger partial charge in [-0.25, -0.2) is 0 Å². The number of carbonyl (C=O) groups excluding carboxylic acids is 2. The van der Waals surface area contributed by atoms with Crippen molar-refractivity contribution in [2.45, 2.75) is 127 Å². The number of likely N-dealkylation sites (tertiary alicyclic amines) is 1. The summed E-state index contributed by atoms with van der Waals surface area (Å²) in [5.41, 5.74) is 0.611. The van der Waals surface area contributed by atoms with Crippen LogP contribution in [-0.4, -0.2) is 64.0 Å². The van der Waals surface area contributed by atoms with Crippen molar-refractivity contribution < 1.29 is 27.9 Å². The summed E-state index contributed by atoms with van der Waals surface area (Å²) in [6, 6.07) is -0.422. The number of halogens is 4. The molecular formula is C33H48ClF3N2O3. The first-order valence-corrected chi connectivity index (χ1v) is 17.2. The first-order valence-electron chi connectivity index (χ1n) is 16.8. The molecule has 4 aliphatic carbocycles. The molecule has 2 aliphatic heterocycles. The molecule has 1 spiro atoms. The van der Waals surface area contributed by atoms with E-state index in [1.165, 1.54) is 0 Å². The van der Waals surface area contributed by atoms with Gasteiger partial charge in [0.1, 0.15) is 6.54 Å². The fourth-order valence-corrected chi connectivity index (χ4v) is 10.6. The van der Waals surface area contributed by atoms with Gasteiger partial charge >= 0.3 is 6.18 Å². The van der Waals surface area contributed by atoms with Crippen molar-refractivity contribution in [3.8, 4) is 0 Å². The number of hydrogen-bond acceptors (Lipinski definition) is 3. The van der Waals surface area contributed by atoms with Crippen LogP contribution in [-0.2, 0) is 9.59 Å². The molecule has 1 saturated heterocycles. The molecule has 1 N–H and O–H groups in total. The number of nitrogens with zero attached hydrogens (tertiary/aromatic N) is 2. The Bertz CT molecular complexity index is 1060. The van der Waals surface area contributed by atoms with Crippen LogP contribution in [0.5, 0.6) is 0 Å². The number of hydrogen-bond donors (Lipinski definition) is 1. The summed E-state index contributed by atoms with van der Waals surface area (Å²) in [5, 5.41) is 9.85. The van der Waals surface area contributed by atoms with Gasteiger partial charge in [-0.2, -0.15) is 13.2 Å². The minimum Gasteiger partial charge on any atom is -0.396 e. The number of alkyl halides is 4. The third kappa shape index (κ3) is 5.54. The van der Waals surface area contributed by atoms with Crippen molar-refractivity contribution in [3.63, 3.8) is 0 Å². The number of carbonyl (C=O) groups is 2. The normalized spacial score (nSPS) is 39.9. The Morgan fingerprint density at radius 3 is 2.29 bits per heavy atom. The lowest BCUT2D eigenvalue weighted by atomic mass is 9.50. The van der Waals surface area contributed by atoms with Crippen LogP contribution < -0.4 is 0 Å². The molecule has 0 bridgehead atoms. The van der Waals surface area contributed by atoms with E-state index in [0.29, 0.717) is 31.5 Å². The van der Waals surface area contributed by atoms with Gasteiger partial charge in [-0.3, -0.25) is 9.59 Å². The molecule has 6 aliphatic rings. The summed E-state index contributed by atoms with van der Waals surface area (Å²) in [7, 11) is 0. The molecule has 2 amide bonds. The average Bonchev–Trinajstić information content (AvgIpc) is 2.98. The van der Waals surface area contributed by atoms with Gasteiger partial charge < -0.3 is 14.9 Å². The van der Waals surface area contributed by atoms with Crippen molar-refractivity contribution in [1.29, 1.82) is 0 Å². The molecule has 236 valence electrons. The van der Waals surface area contributed by atoms with Crippen molar-refractivity contribution in [2.75, 3.05) is 19.7 Å². The monoisotopic (exact) mass is 612 g/mol. The van der Waals surface area contributed by atoms with E-state index in [9.17, 15) is 23.1 Å². The van der Waals surface area contributed by atoms with Gasteiger partial charge in [0, 0.05) is 36.2 Å². The lowest BCUT2D eigenvalue weighted by molar-refractivity contribution is -0.193. The SMILES string of the molecule is O=C1C2CCCCC2[C@@]2(CC3=C(CCCC3)N(CC(F)(F)F)C2=O)[C@H](C2CCC(CO)CC2)N1CC1CCCCC1Cl.